The number of nitrogens with one attached hydrogen (secondary N) is 2. The highest BCUT2D eigenvalue weighted by Crippen LogP contribution is 2.19. The first-order valence-corrected chi connectivity index (χ1v) is 7.63. The lowest BCUT2D eigenvalue weighted by Gasteiger charge is -2.09. The minimum atomic E-state index is -0.320. The van der Waals surface area contributed by atoms with E-state index in [-0.39, 0.29) is 18.4 Å². The third kappa shape index (κ3) is 3.17. The molecule has 2 N–H and O–H groups in total. The maximum Gasteiger partial charge on any atom is 0.268 e. The van der Waals surface area contributed by atoms with Gasteiger partial charge in [0.25, 0.3) is 5.91 Å². The lowest BCUT2D eigenvalue weighted by atomic mass is 10.1. The second-order valence-electron chi connectivity index (χ2n) is 5.87. The van der Waals surface area contributed by atoms with Gasteiger partial charge in [-0.25, -0.2) is 0 Å². The molecule has 0 unspecified atom stereocenters. The van der Waals surface area contributed by atoms with Crippen molar-refractivity contribution in [2.45, 2.75) is 13.8 Å². The van der Waals surface area contributed by atoms with Crippen molar-refractivity contribution in [2.24, 2.45) is 7.05 Å². The fourth-order valence-corrected chi connectivity index (χ4v) is 2.77. The van der Waals surface area contributed by atoms with Gasteiger partial charge >= 0.3 is 0 Å². The number of aromatic nitrogens is 1. The smallest absolute Gasteiger partial charge is 0.268 e. The number of anilines is 1. The van der Waals surface area contributed by atoms with Crippen LogP contribution in [0, 0.1) is 13.8 Å². The standard InChI is InChI=1S/C18H19N3O3/c1-11-6-12(2)8-13(7-11)20-17(22)10-19-18(23)15-9-16-14(21(15)3)4-5-24-16/h4-9H,10H2,1-3H3,(H,19,23)(H,20,22). The molecule has 6 nitrogen and oxygen atoms in total. The van der Waals surface area contributed by atoms with Crippen LogP contribution in [0.3, 0.4) is 0 Å². The van der Waals surface area contributed by atoms with Crippen LogP contribution in [0.15, 0.2) is 41.0 Å². The number of fused-ring (bicyclic) bond motifs is 1. The van der Waals surface area contributed by atoms with Gasteiger partial charge in [-0.05, 0) is 37.1 Å². The zero-order chi connectivity index (χ0) is 17.3. The van der Waals surface area contributed by atoms with Crippen molar-refractivity contribution in [2.75, 3.05) is 11.9 Å². The third-order valence-electron chi connectivity index (χ3n) is 3.81. The number of hydrogen-bond donors (Lipinski definition) is 2. The minimum absolute atomic E-state index is 0.0988. The molecule has 6 heteroatoms. The largest absolute Gasteiger partial charge is 0.463 e. The second-order valence-corrected chi connectivity index (χ2v) is 5.87. The Balaban J connectivity index is 1.62. The van der Waals surface area contributed by atoms with Crippen LogP contribution in [0.25, 0.3) is 11.1 Å². The summed E-state index contributed by atoms with van der Waals surface area (Å²) in [7, 11) is 1.78. The quantitative estimate of drug-likeness (QED) is 0.774. The summed E-state index contributed by atoms with van der Waals surface area (Å²) in [6, 6.07) is 9.25. The van der Waals surface area contributed by atoms with Gasteiger partial charge in [0.05, 0.1) is 18.3 Å². The fraction of sp³-hybridized carbons (Fsp3) is 0.222. The van der Waals surface area contributed by atoms with E-state index in [1.165, 1.54) is 0 Å². The maximum atomic E-state index is 12.2. The van der Waals surface area contributed by atoms with Gasteiger partial charge in [-0.2, -0.15) is 0 Å². The first kappa shape index (κ1) is 15.9. The van der Waals surface area contributed by atoms with Crippen molar-refractivity contribution in [1.29, 1.82) is 0 Å². The van der Waals surface area contributed by atoms with Crippen molar-refractivity contribution < 1.29 is 14.0 Å². The van der Waals surface area contributed by atoms with E-state index in [9.17, 15) is 9.59 Å². The summed E-state index contributed by atoms with van der Waals surface area (Å²) in [4.78, 5) is 24.3. The fourth-order valence-electron chi connectivity index (χ4n) is 2.77. The second kappa shape index (κ2) is 6.23. The predicted molar refractivity (Wildman–Crippen MR) is 92.1 cm³/mol. The van der Waals surface area contributed by atoms with E-state index in [1.807, 2.05) is 32.0 Å². The average molecular weight is 325 g/mol. The molecule has 0 saturated carbocycles. The van der Waals surface area contributed by atoms with E-state index in [2.05, 4.69) is 10.6 Å². The van der Waals surface area contributed by atoms with Gasteiger partial charge in [-0.3, -0.25) is 9.59 Å². The molecule has 0 aliphatic rings. The molecule has 0 bridgehead atoms. The zero-order valence-corrected chi connectivity index (χ0v) is 13.8. The monoisotopic (exact) mass is 325 g/mol. The van der Waals surface area contributed by atoms with Crippen LogP contribution in [0.1, 0.15) is 21.6 Å². The number of hydrogen-bond acceptors (Lipinski definition) is 3. The Labute approximate surface area is 139 Å². The molecule has 0 fully saturated rings. The molecule has 0 atom stereocenters. The molecular formula is C18H19N3O3. The molecule has 3 rings (SSSR count). The molecule has 3 aromatic rings. The number of rotatable bonds is 4. The summed E-state index contributed by atoms with van der Waals surface area (Å²) >= 11 is 0. The van der Waals surface area contributed by atoms with Gasteiger partial charge in [0.2, 0.25) is 5.91 Å². The Kier molecular flexibility index (Phi) is 4.12. The molecule has 0 saturated heterocycles. The molecule has 124 valence electrons. The SMILES string of the molecule is Cc1cc(C)cc(NC(=O)CNC(=O)c2cc3occc3n2C)c1. The number of carbonyl (C=O) groups excluding carboxylic acids is 2. The van der Waals surface area contributed by atoms with Gasteiger partial charge in [0, 0.05) is 24.9 Å². The van der Waals surface area contributed by atoms with Crippen molar-refractivity contribution in [3.8, 4) is 0 Å². The molecule has 2 heterocycles. The molecule has 24 heavy (non-hydrogen) atoms. The highest BCUT2D eigenvalue weighted by atomic mass is 16.3. The van der Waals surface area contributed by atoms with E-state index in [0.29, 0.717) is 11.3 Å². The van der Waals surface area contributed by atoms with Gasteiger partial charge in [-0.15, -0.1) is 0 Å². The molecule has 2 aromatic heterocycles. The Morgan fingerprint density at radius 1 is 1.12 bits per heavy atom. The maximum absolute atomic E-state index is 12.2. The van der Waals surface area contributed by atoms with Gasteiger partial charge < -0.3 is 19.6 Å². The van der Waals surface area contributed by atoms with Gasteiger partial charge in [0.1, 0.15) is 5.69 Å². The van der Waals surface area contributed by atoms with Gasteiger partial charge in [0.15, 0.2) is 5.58 Å². The number of benzene rings is 1. The van der Waals surface area contributed by atoms with Crippen LogP contribution in [0.5, 0.6) is 0 Å². The topological polar surface area (TPSA) is 76.3 Å². The first-order chi connectivity index (χ1) is 11.4. The van der Waals surface area contributed by atoms with Crippen molar-refractivity contribution in [3.63, 3.8) is 0 Å². The molecule has 0 radical (unpaired) electrons. The lowest BCUT2D eigenvalue weighted by molar-refractivity contribution is -0.115. The van der Waals surface area contributed by atoms with Crippen LogP contribution in [0.2, 0.25) is 0 Å². The Morgan fingerprint density at radius 2 is 1.83 bits per heavy atom. The Morgan fingerprint density at radius 3 is 2.50 bits per heavy atom. The highest BCUT2D eigenvalue weighted by Gasteiger charge is 2.15. The Bertz CT molecular complexity index is 901. The van der Waals surface area contributed by atoms with E-state index in [0.717, 1.165) is 22.3 Å². The lowest BCUT2D eigenvalue weighted by Crippen LogP contribution is -2.33. The number of amides is 2. The third-order valence-corrected chi connectivity index (χ3v) is 3.81. The van der Waals surface area contributed by atoms with Crippen LogP contribution < -0.4 is 10.6 Å². The number of aryl methyl sites for hydroxylation is 3. The molecule has 0 spiro atoms. The summed E-state index contributed by atoms with van der Waals surface area (Å²) in [5.74, 6) is -0.592. The highest BCUT2D eigenvalue weighted by molar-refractivity contribution is 6.01. The van der Waals surface area contributed by atoms with E-state index < -0.39 is 0 Å². The number of nitrogens with zero attached hydrogens (tertiary/aromatic N) is 1. The van der Waals surface area contributed by atoms with Gasteiger partial charge in [-0.1, -0.05) is 6.07 Å². The Hall–Kier alpha value is -3.02. The van der Waals surface area contributed by atoms with Crippen molar-refractivity contribution in [1.82, 2.24) is 9.88 Å². The normalized spacial score (nSPS) is 10.8. The summed E-state index contributed by atoms with van der Waals surface area (Å²) in [6.45, 7) is 3.84. The zero-order valence-electron chi connectivity index (χ0n) is 13.8. The minimum Gasteiger partial charge on any atom is -0.463 e. The summed E-state index contributed by atoms with van der Waals surface area (Å²) in [5, 5.41) is 5.41. The van der Waals surface area contributed by atoms with Crippen molar-refractivity contribution in [3.05, 3.63) is 53.4 Å². The number of furan rings is 1. The molecule has 0 aliphatic heterocycles. The van der Waals surface area contributed by atoms with Crippen molar-refractivity contribution >= 4 is 28.6 Å². The molecule has 0 aliphatic carbocycles. The van der Waals surface area contributed by atoms with E-state index >= 15 is 0 Å². The predicted octanol–water partition coefficient (Wildman–Crippen LogP) is 2.76. The average Bonchev–Trinajstić information content (AvgIpc) is 3.07. The summed E-state index contributed by atoms with van der Waals surface area (Å²) in [5.41, 5.74) is 4.79. The number of carbonyl (C=O) groups is 2. The van der Waals surface area contributed by atoms with E-state index in [1.54, 1.807) is 30.0 Å². The van der Waals surface area contributed by atoms with E-state index in [4.69, 9.17) is 4.42 Å². The summed E-state index contributed by atoms with van der Waals surface area (Å²) in [6.07, 6.45) is 1.57. The molecule has 2 amide bonds. The summed E-state index contributed by atoms with van der Waals surface area (Å²) < 4.78 is 7.01. The molecular weight excluding hydrogens is 306 g/mol. The first-order valence-electron chi connectivity index (χ1n) is 7.63. The molecule has 1 aromatic carbocycles. The van der Waals surface area contributed by atoms with Crippen LogP contribution in [-0.4, -0.2) is 22.9 Å². The van der Waals surface area contributed by atoms with Crippen LogP contribution in [-0.2, 0) is 11.8 Å². The van der Waals surface area contributed by atoms with Crippen LogP contribution in [0.4, 0.5) is 5.69 Å². The van der Waals surface area contributed by atoms with Crippen LogP contribution >= 0.6 is 0 Å².